The van der Waals surface area contributed by atoms with Crippen LogP contribution in [0.2, 0.25) is 5.02 Å². The summed E-state index contributed by atoms with van der Waals surface area (Å²) < 4.78 is 119. The van der Waals surface area contributed by atoms with Gasteiger partial charge < -0.3 is 4.74 Å². The zero-order valence-electron chi connectivity index (χ0n) is 20.2. The van der Waals surface area contributed by atoms with Gasteiger partial charge in [-0.1, -0.05) is 49.2 Å². The summed E-state index contributed by atoms with van der Waals surface area (Å²) in [5.41, 5.74) is -1.29. The molecular weight excluding hydrogens is 552 g/mol. The highest BCUT2D eigenvalue weighted by Gasteiger charge is 2.41. The van der Waals surface area contributed by atoms with Crippen LogP contribution >= 0.6 is 11.6 Å². The lowest BCUT2D eigenvalue weighted by Crippen LogP contribution is -2.24. The summed E-state index contributed by atoms with van der Waals surface area (Å²) in [4.78, 5) is 0. The zero-order valence-corrected chi connectivity index (χ0v) is 21.0. The maximum atomic E-state index is 15.0. The number of benzene rings is 4. The molecule has 0 amide bonds. The molecule has 4 aromatic rings. The molecule has 0 saturated heterocycles. The summed E-state index contributed by atoms with van der Waals surface area (Å²) in [5, 5.41) is -0.695. The van der Waals surface area contributed by atoms with E-state index in [1.165, 1.54) is 0 Å². The summed E-state index contributed by atoms with van der Waals surface area (Å²) in [6, 6.07) is 10.3. The molecule has 4 rings (SSSR count). The first-order valence-corrected chi connectivity index (χ1v) is 12.1. The Labute approximate surface area is 223 Å². The number of unbranched alkanes of at least 4 members (excludes halogenated alkanes) is 1. The SMILES string of the molecule is CCCCc1ccc(-c2cc(F)c(C(F)(F)Oc3cc(F)c(-c4cc(F)c(F)c(F)c4)c(F)c3)c(Cl)c2)cc1. The van der Waals surface area contributed by atoms with Crippen LogP contribution in [0.3, 0.4) is 0 Å². The van der Waals surface area contributed by atoms with E-state index in [1.54, 1.807) is 12.1 Å². The maximum Gasteiger partial charge on any atom is 0.431 e. The standard InChI is InChI=1S/C29H19ClF8O/c1-2-3-4-15-5-7-16(8-6-15)17-9-20(30)27(23(33)10-17)29(37,38)39-19-13-21(31)26(22(32)14-19)18-11-24(34)28(36)25(35)12-18/h5-14H,2-4H2,1H3. The molecule has 1 nitrogen and oxygen atoms in total. The largest absolute Gasteiger partial charge is 0.431 e. The van der Waals surface area contributed by atoms with Crippen molar-refractivity contribution in [3.8, 4) is 28.0 Å². The predicted molar refractivity (Wildman–Crippen MR) is 132 cm³/mol. The molecule has 0 saturated carbocycles. The first-order valence-electron chi connectivity index (χ1n) is 11.7. The monoisotopic (exact) mass is 570 g/mol. The Morgan fingerprint density at radius 3 is 1.79 bits per heavy atom. The van der Waals surface area contributed by atoms with Gasteiger partial charge in [-0.3, -0.25) is 0 Å². The number of alkyl halides is 2. The van der Waals surface area contributed by atoms with E-state index in [2.05, 4.69) is 11.7 Å². The van der Waals surface area contributed by atoms with Crippen molar-refractivity contribution in [1.82, 2.24) is 0 Å². The van der Waals surface area contributed by atoms with Crippen molar-refractivity contribution in [3.63, 3.8) is 0 Å². The topological polar surface area (TPSA) is 9.23 Å². The van der Waals surface area contributed by atoms with Crippen molar-refractivity contribution in [3.05, 3.63) is 112 Å². The molecule has 0 aliphatic heterocycles. The second-order valence-corrected chi connectivity index (χ2v) is 9.16. The number of aryl methyl sites for hydroxylation is 1. The van der Waals surface area contributed by atoms with E-state index >= 15 is 0 Å². The lowest BCUT2D eigenvalue weighted by Gasteiger charge is -2.21. The number of halogens is 9. The molecule has 0 N–H and O–H groups in total. The molecule has 0 aliphatic rings. The Kier molecular flexibility index (Phi) is 8.20. The van der Waals surface area contributed by atoms with Gasteiger partial charge in [0.2, 0.25) is 0 Å². The molecule has 0 radical (unpaired) electrons. The fourth-order valence-electron chi connectivity index (χ4n) is 4.05. The summed E-state index contributed by atoms with van der Waals surface area (Å²) in [7, 11) is 0. The van der Waals surface area contributed by atoms with Crippen LogP contribution in [0.5, 0.6) is 5.75 Å². The minimum atomic E-state index is -4.47. The molecule has 0 heterocycles. The quantitative estimate of drug-likeness (QED) is 0.151. The van der Waals surface area contributed by atoms with Crippen molar-refractivity contribution in [1.29, 1.82) is 0 Å². The molecule has 0 fully saturated rings. The van der Waals surface area contributed by atoms with E-state index in [0.717, 1.165) is 37.0 Å². The van der Waals surface area contributed by atoms with Gasteiger partial charge in [-0.25, -0.2) is 26.3 Å². The van der Waals surface area contributed by atoms with Gasteiger partial charge in [-0.2, -0.15) is 8.78 Å². The van der Waals surface area contributed by atoms with E-state index in [-0.39, 0.29) is 5.56 Å². The highest BCUT2D eigenvalue weighted by atomic mass is 35.5. The van der Waals surface area contributed by atoms with Crippen molar-refractivity contribution in [2.45, 2.75) is 32.3 Å². The van der Waals surface area contributed by atoms with Crippen molar-refractivity contribution in [2.75, 3.05) is 0 Å². The Morgan fingerprint density at radius 1 is 0.692 bits per heavy atom. The minimum absolute atomic E-state index is 0.222. The van der Waals surface area contributed by atoms with Crippen LogP contribution < -0.4 is 4.74 Å². The van der Waals surface area contributed by atoms with Crippen LogP contribution in [0.4, 0.5) is 35.1 Å². The minimum Gasteiger partial charge on any atom is -0.429 e. The van der Waals surface area contributed by atoms with E-state index in [0.29, 0.717) is 29.8 Å². The summed E-state index contributed by atoms with van der Waals surface area (Å²) in [5.74, 6) is -10.9. The van der Waals surface area contributed by atoms with Crippen LogP contribution in [-0.4, -0.2) is 0 Å². The zero-order chi connectivity index (χ0) is 28.5. The lowest BCUT2D eigenvalue weighted by molar-refractivity contribution is -0.187. The fraction of sp³-hybridized carbons (Fsp3) is 0.172. The molecule has 10 heteroatoms. The van der Waals surface area contributed by atoms with Crippen molar-refractivity contribution >= 4 is 11.6 Å². The molecule has 0 unspecified atom stereocenters. The first kappa shape index (κ1) is 28.4. The fourth-order valence-corrected chi connectivity index (χ4v) is 4.36. The number of hydrogen-bond acceptors (Lipinski definition) is 1. The Bertz CT molecular complexity index is 1450. The Hall–Kier alpha value is -3.59. The van der Waals surface area contributed by atoms with E-state index < -0.39 is 68.5 Å². The highest BCUT2D eigenvalue weighted by molar-refractivity contribution is 6.31. The van der Waals surface area contributed by atoms with Crippen LogP contribution in [-0.2, 0) is 12.5 Å². The third-order valence-electron chi connectivity index (χ3n) is 5.97. The first-order chi connectivity index (χ1) is 18.4. The number of ether oxygens (including phenoxy) is 1. The van der Waals surface area contributed by atoms with Gasteiger partial charge in [0, 0.05) is 12.1 Å². The van der Waals surface area contributed by atoms with Gasteiger partial charge in [0.25, 0.3) is 0 Å². The van der Waals surface area contributed by atoms with Crippen LogP contribution in [0.25, 0.3) is 22.3 Å². The smallest absolute Gasteiger partial charge is 0.429 e. The number of hydrogen-bond donors (Lipinski definition) is 0. The van der Waals surface area contributed by atoms with Gasteiger partial charge in [0.05, 0.1) is 10.6 Å². The molecule has 0 bridgehead atoms. The third kappa shape index (κ3) is 6.03. The molecule has 0 spiro atoms. The average molecular weight is 571 g/mol. The Balaban J connectivity index is 1.62. The van der Waals surface area contributed by atoms with Gasteiger partial charge in [-0.05, 0) is 59.4 Å². The number of rotatable bonds is 8. The average Bonchev–Trinajstić information content (AvgIpc) is 2.85. The molecule has 204 valence electrons. The normalized spacial score (nSPS) is 11.6. The molecule has 39 heavy (non-hydrogen) atoms. The molecule has 0 aliphatic carbocycles. The van der Waals surface area contributed by atoms with Gasteiger partial charge in [-0.15, -0.1) is 0 Å². The lowest BCUT2D eigenvalue weighted by atomic mass is 10.00. The van der Waals surface area contributed by atoms with Gasteiger partial charge in [0.1, 0.15) is 28.8 Å². The van der Waals surface area contributed by atoms with Gasteiger partial charge in [0.15, 0.2) is 17.5 Å². The predicted octanol–water partition coefficient (Wildman–Crippen LogP) is 9.98. The van der Waals surface area contributed by atoms with Gasteiger partial charge >= 0.3 is 6.11 Å². The Morgan fingerprint density at radius 2 is 1.26 bits per heavy atom. The second-order valence-electron chi connectivity index (χ2n) is 8.75. The summed E-state index contributed by atoms with van der Waals surface area (Å²) in [6.45, 7) is 2.06. The van der Waals surface area contributed by atoms with Crippen LogP contribution in [0.1, 0.15) is 30.9 Å². The van der Waals surface area contributed by atoms with E-state index in [1.807, 2.05) is 12.1 Å². The second kappa shape index (κ2) is 11.3. The molecular formula is C29H19ClF8O. The summed E-state index contributed by atoms with van der Waals surface area (Å²) in [6.07, 6.45) is -1.62. The summed E-state index contributed by atoms with van der Waals surface area (Å²) >= 11 is 6.00. The maximum absolute atomic E-state index is 15.0. The van der Waals surface area contributed by atoms with E-state index in [9.17, 15) is 35.1 Å². The van der Waals surface area contributed by atoms with Crippen molar-refractivity contribution in [2.24, 2.45) is 0 Å². The van der Waals surface area contributed by atoms with E-state index in [4.69, 9.17) is 11.6 Å². The third-order valence-corrected chi connectivity index (χ3v) is 6.27. The highest BCUT2D eigenvalue weighted by Crippen LogP contribution is 2.41. The molecule has 0 aromatic heterocycles. The molecule has 0 atom stereocenters. The van der Waals surface area contributed by atoms with Crippen LogP contribution in [0.15, 0.2) is 60.7 Å². The molecule has 4 aromatic carbocycles. The van der Waals surface area contributed by atoms with Crippen LogP contribution in [0, 0.1) is 34.9 Å². The van der Waals surface area contributed by atoms with Crippen molar-refractivity contribution < 1.29 is 39.9 Å².